The number of hydrogen-bond donors (Lipinski definition) is 2. The van der Waals surface area contributed by atoms with E-state index in [-0.39, 0.29) is 28.6 Å². The zero-order chi connectivity index (χ0) is 30.5. The summed E-state index contributed by atoms with van der Waals surface area (Å²) in [5.41, 5.74) is 2.75. The van der Waals surface area contributed by atoms with E-state index >= 15 is 0 Å². The van der Waals surface area contributed by atoms with Gasteiger partial charge in [0.15, 0.2) is 5.69 Å². The smallest absolute Gasteiger partial charge is 0.333 e. The number of amides is 1. The molecule has 0 spiro atoms. The number of fused-ring (bicyclic) bond motifs is 2. The number of alkyl halides is 2. The predicted octanol–water partition coefficient (Wildman–Crippen LogP) is 3.31. The number of halogens is 3. The average molecular weight is 621 g/mol. The molecular weight excluding hydrogens is 594 g/mol. The topological polar surface area (TPSA) is 144 Å². The summed E-state index contributed by atoms with van der Waals surface area (Å²) < 4.78 is 53.7. The van der Waals surface area contributed by atoms with Crippen molar-refractivity contribution in [1.82, 2.24) is 29.0 Å². The summed E-state index contributed by atoms with van der Waals surface area (Å²) in [7, 11) is -2.26. The number of anilines is 2. The number of nitrogens with zero attached hydrogens (tertiary/aromatic N) is 6. The Labute approximate surface area is 244 Å². The first-order valence-electron chi connectivity index (χ1n) is 12.8. The normalized spacial score (nSPS) is 14.2. The Morgan fingerprint density at radius 1 is 1.19 bits per heavy atom. The molecule has 42 heavy (non-hydrogen) atoms. The van der Waals surface area contributed by atoms with Crippen LogP contribution in [0.15, 0.2) is 35.3 Å². The van der Waals surface area contributed by atoms with Crippen molar-refractivity contribution in [3.63, 3.8) is 0 Å². The van der Waals surface area contributed by atoms with Crippen molar-refractivity contribution >= 4 is 50.1 Å². The minimum atomic E-state index is -3.87. The number of carbonyl (C=O) groups excluding carboxylic acids is 1. The molecule has 0 radical (unpaired) electrons. The largest absolute Gasteiger partial charge is 0.377 e. The molecule has 1 amide bonds. The van der Waals surface area contributed by atoms with Gasteiger partial charge in [0.1, 0.15) is 5.15 Å². The van der Waals surface area contributed by atoms with Gasteiger partial charge < -0.3 is 10.2 Å². The number of carbonyl (C=O) groups is 1. The van der Waals surface area contributed by atoms with Crippen molar-refractivity contribution in [3.05, 3.63) is 74.0 Å². The van der Waals surface area contributed by atoms with E-state index in [1.807, 2.05) is 22.6 Å². The highest BCUT2D eigenvalue weighted by Crippen LogP contribution is 2.30. The van der Waals surface area contributed by atoms with Crippen LogP contribution in [0.3, 0.4) is 0 Å². The maximum atomic E-state index is 13.6. The molecule has 0 saturated carbocycles. The van der Waals surface area contributed by atoms with Gasteiger partial charge in [0.2, 0.25) is 16.0 Å². The lowest BCUT2D eigenvalue weighted by Gasteiger charge is -2.29. The van der Waals surface area contributed by atoms with Crippen LogP contribution in [0.1, 0.15) is 52.4 Å². The fraction of sp³-hybridized carbons (Fsp3) is 0.346. The summed E-state index contributed by atoms with van der Waals surface area (Å²) in [6.07, 6.45) is 2.56. The lowest BCUT2D eigenvalue weighted by molar-refractivity contribution is 0.0561. The molecule has 0 saturated heterocycles. The maximum absolute atomic E-state index is 13.6. The Kier molecular flexibility index (Phi) is 7.66. The van der Waals surface area contributed by atoms with Gasteiger partial charge in [0.05, 0.1) is 34.6 Å². The van der Waals surface area contributed by atoms with E-state index in [1.165, 1.54) is 22.9 Å². The highest BCUT2D eigenvalue weighted by molar-refractivity contribution is 7.89. The fourth-order valence-electron chi connectivity index (χ4n) is 5.01. The summed E-state index contributed by atoms with van der Waals surface area (Å²) in [5, 5.41) is 7.51. The number of pyridine rings is 1. The van der Waals surface area contributed by atoms with Crippen molar-refractivity contribution < 1.29 is 22.0 Å². The summed E-state index contributed by atoms with van der Waals surface area (Å²) >= 11 is 5.99. The maximum Gasteiger partial charge on any atom is 0.333 e. The van der Waals surface area contributed by atoms with E-state index in [9.17, 15) is 26.8 Å². The number of aromatic nitrogens is 5. The Bertz CT molecular complexity index is 1890. The van der Waals surface area contributed by atoms with Crippen molar-refractivity contribution in [2.45, 2.75) is 39.4 Å². The van der Waals surface area contributed by atoms with Crippen LogP contribution in [0.5, 0.6) is 0 Å². The first-order chi connectivity index (χ1) is 19.7. The number of hydrogen-bond acceptors (Lipinski definition) is 9. The van der Waals surface area contributed by atoms with Crippen molar-refractivity contribution in [1.29, 1.82) is 0 Å². The van der Waals surface area contributed by atoms with Crippen molar-refractivity contribution in [2.24, 2.45) is 7.05 Å². The summed E-state index contributed by atoms with van der Waals surface area (Å²) in [5.74, 6) is -0.598. The summed E-state index contributed by atoms with van der Waals surface area (Å²) in [4.78, 5) is 37.0. The third-order valence-electron chi connectivity index (χ3n) is 6.88. The van der Waals surface area contributed by atoms with Crippen LogP contribution in [0, 0.1) is 6.92 Å². The molecule has 5 rings (SSSR count). The van der Waals surface area contributed by atoms with Gasteiger partial charge in [0, 0.05) is 43.9 Å². The number of benzene rings is 1. The van der Waals surface area contributed by atoms with E-state index in [0.29, 0.717) is 51.3 Å². The van der Waals surface area contributed by atoms with Crippen LogP contribution in [0.4, 0.5) is 20.4 Å². The number of nitrogens with one attached hydrogen (secondary N) is 2. The zero-order valence-corrected chi connectivity index (χ0v) is 24.6. The molecule has 4 aromatic rings. The molecule has 12 nitrogen and oxygen atoms in total. The van der Waals surface area contributed by atoms with Crippen molar-refractivity contribution in [3.8, 4) is 0 Å². The third kappa shape index (κ3) is 5.79. The van der Waals surface area contributed by atoms with Crippen LogP contribution in [-0.4, -0.2) is 51.4 Å². The molecular formula is C26H27ClF2N8O4S. The molecule has 1 aliphatic rings. The lowest BCUT2D eigenvalue weighted by Crippen LogP contribution is -2.36. The summed E-state index contributed by atoms with van der Waals surface area (Å²) in [6.45, 7) is 1.55. The zero-order valence-electron chi connectivity index (χ0n) is 23.0. The predicted molar refractivity (Wildman–Crippen MR) is 154 cm³/mol. The molecule has 0 unspecified atom stereocenters. The van der Waals surface area contributed by atoms with Crippen LogP contribution in [0.2, 0.25) is 5.15 Å². The van der Waals surface area contributed by atoms with E-state index < -0.39 is 28.5 Å². The molecule has 1 aliphatic heterocycles. The standard InChI is InChI=1S/C26H27ClF2N8O4S/c1-13-9-16(14(2)30-19-5-6-20(27)31-22(19)23(38)34-42(4,40)41)21-17(10-13)24(39)35(3)26(32-21)36-8-7-18-15(11-36)12-37(33-18)25(28)29/h5-6,9-10,12,14,25,30H,7-8,11H2,1-4H3,(H,34,38)/t14-/m1/s1. The van der Waals surface area contributed by atoms with Gasteiger partial charge in [-0.15, -0.1) is 0 Å². The minimum absolute atomic E-state index is 0.00792. The lowest BCUT2D eigenvalue weighted by atomic mass is 10.0. The van der Waals surface area contributed by atoms with Gasteiger partial charge in [-0.3, -0.25) is 14.2 Å². The monoisotopic (exact) mass is 620 g/mol. The average Bonchev–Trinajstić information content (AvgIpc) is 3.34. The number of aryl methyl sites for hydroxylation is 1. The Morgan fingerprint density at radius 3 is 2.62 bits per heavy atom. The second kappa shape index (κ2) is 10.9. The molecule has 4 heterocycles. The molecule has 222 valence electrons. The second-order valence-electron chi connectivity index (χ2n) is 10.2. The van der Waals surface area contributed by atoms with Gasteiger partial charge in [-0.1, -0.05) is 17.7 Å². The highest BCUT2D eigenvalue weighted by Gasteiger charge is 2.26. The minimum Gasteiger partial charge on any atom is -0.377 e. The Morgan fingerprint density at radius 2 is 1.93 bits per heavy atom. The van der Waals surface area contributed by atoms with Crippen LogP contribution >= 0.6 is 11.6 Å². The Balaban J connectivity index is 1.55. The molecule has 16 heteroatoms. The summed E-state index contributed by atoms with van der Waals surface area (Å²) in [6, 6.07) is 6.01. The van der Waals surface area contributed by atoms with Gasteiger partial charge in [-0.05, 0) is 37.6 Å². The fourth-order valence-corrected chi connectivity index (χ4v) is 5.59. The van der Waals surface area contributed by atoms with Crippen molar-refractivity contribution in [2.75, 3.05) is 23.0 Å². The molecule has 1 atom stereocenters. The van der Waals surface area contributed by atoms with E-state index in [2.05, 4.69) is 15.4 Å². The molecule has 0 fully saturated rings. The number of sulfonamides is 1. The van der Waals surface area contributed by atoms with Crippen LogP contribution in [-0.2, 0) is 30.0 Å². The third-order valence-corrected chi connectivity index (χ3v) is 7.65. The van der Waals surface area contributed by atoms with Crippen LogP contribution in [0.25, 0.3) is 10.9 Å². The number of rotatable bonds is 7. The van der Waals surface area contributed by atoms with E-state index in [0.717, 1.165) is 11.8 Å². The molecule has 0 aliphatic carbocycles. The second-order valence-corrected chi connectivity index (χ2v) is 12.3. The SMILES string of the molecule is Cc1cc([C@@H](C)Nc2ccc(Cl)nc2C(=O)NS(C)(=O)=O)c2nc(N3CCc4nn(C(F)F)cc4C3)n(C)c(=O)c2c1. The Hall–Kier alpha value is -4.11. The van der Waals surface area contributed by atoms with Gasteiger partial charge >= 0.3 is 6.55 Å². The molecule has 1 aromatic carbocycles. The first-order valence-corrected chi connectivity index (χ1v) is 15.0. The molecule has 2 N–H and O–H groups in total. The van der Waals surface area contributed by atoms with E-state index in [1.54, 1.807) is 20.0 Å². The van der Waals surface area contributed by atoms with Gasteiger partial charge in [-0.25, -0.2) is 27.8 Å². The highest BCUT2D eigenvalue weighted by atomic mass is 35.5. The first kappa shape index (κ1) is 29.4. The molecule has 3 aromatic heterocycles. The van der Waals surface area contributed by atoms with E-state index in [4.69, 9.17) is 16.6 Å². The quantitative estimate of drug-likeness (QED) is 0.297. The van der Waals surface area contributed by atoms with Crippen LogP contribution < -0.4 is 20.5 Å². The van der Waals surface area contributed by atoms with Gasteiger partial charge in [-0.2, -0.15) is 13.9 Å². The van der Waals surface area contributed by atoms with Gasteiger partial charge in [0.25, 0.3) is 11.5 Å². The molecule has 0 bridgehead atoms.